The van der Waals surface area contributed by atoms with Crippen LogP contribution in [0.4, 0.5) is 4.39 Å². The fourth-order valence-electron chi connectivity index (χ4n) is 2.98. The fourth-order valence-corrected chi connectivity index (χ4v) is 2.98. The van der Waals surface area contributed by atoms with Crippen molar-refractivity contribution >= 4 is 11.8 Å². The summed E-state index contributed by atoms with van der Waals surface area (Å²) in [5.74, 6) is -0.809. The molecule has 23 heavy (non-hydrogen) atoms. The van der Waals surface area contributed by atoms with Gasteiger partial charge in [0.15, 0.2) is 0 Å². The Morgan fingerprint density at radius 3 is 3.00 bits per heavy atom. The van der Waals surface area contributed by atoms with Gasteiger partial charge in [0, 0.05) is 32.6 Å². The van der Waals surface area contributed by atoms with Crippen molar-refractivity contribution in [2.45, 2.75) is 18.9 Å². The van der Waals surface area contributed by atoms with Crippen molar-refractivity contribution in [1.29, 1.82) is 0 Å². The van der Waals surface area contributed by atoms with Gasteiger partial charge in [0.2, 0.25) is 11.8 Å². The van der Waals surface area contributed by atoms with Crippen molar-refractivity contribution in [2.24, 2.45) is 0 Å². The molecule has 0 spiro atoms. The molecule has 1 N–H and O–H groups in total. The maximum absolute atomic E-state index is 13.5. The van der Waals surface area contributed by atoms with Gasteiger partial charge in [0.05, 0.1) is 6.61 Å². The van der Waals surface area contributed by atoms with E-state index in [9.17, 15) is 14.0 Å². The summed E-state index contributed by atoms with van der Waals surface area (Å²) in [5, 5.41) is 4.52. The average Bonchev–Trinajstić information content (AvgIpc) is 3.05. The second-order valence-corrected chi connectivity index (χ2v) is 5.70. The molecule has 2 saturated heterocycles. The maximum Gasteiger partial charge on any atom is 0.247 e. The van der Waals surface area contributed by atoms with Gasteiger partial charge in [0.1, 0.15) is 11.9 Å². The molecule has 0 radical (unpaired) electrons. The molecule has 0 bridgehead atoms. The third-order valence-electron chi connectivity index (χ3n) is 4.10. The van der Waals surface area contributed by atoms with E-state index in [1.807, 2.05) is 0 Å². The van der Waals surface area contributed by atoms with E-state index in [2.05, 4.69) is 5.32 Å². The molecular formula is C16H20FN3O3. The first-order valence-electron chi connectivity index (χ1n) is 7.85. The van der Waals surface area contributed by atoms with Gasteiger partial charge in [-0.15, -0.1) is 0 Å². The summed E-state index contributed by atoms with van der Waals surface area (Å²) in [7, 11) is 0. The molecule has 1 aromatic rings. The fraction of sp³-hybridized carbons (Fsp3) is 0.500. The lowest BCUT2D eigenvalue weighted by Gasteiger charge is -2.35. The van der Waals surface area contributed by atoms with Crippen LogP contribution >= 0.6 is 0 Å². The molecule has 3 rings (SSSR count). The molecule has 2 fully saturated rings. The molecule has 6 nitrogen and oxygen atoms in total. The number of carbonyl (C=O) groups excluding carboxylic acids is 2. The minimum Gasteiger partial charge on any atom is -0.352 e. The highest BCUT2D eigenvalue weighted by molar-refractivity contribution is 5.89. The molecule has 2 amide bonds. The number of hydroxylamine groups is 2. The Morgan fingerprint density at radius 1 is 1.39 bits per heavy atom. The lowest BCUT2D eigenvalue weighted by Crippen LogP contribution is -2.52. The van der Waals surface area contributed by atoms with Crippen LogP contribution < -0.4 is 5.32 Å². The predicted molar refractivity (Wildman–Crippen MR) is 80.6 cm³/mol. The smallest absolute Gasteiger partial charge is 0.247 e. The topological polar surface area (TPSA) is 61.9 Å². The third kappa shape index (κ3) is 3.68. The summed E-state index contributed by atoms with van der Waals surface area (Å²) in [6.07, 6.45) is 1.24. The zero-order valence-electron chi connectivity index (χ0n) is 12.8. The molecule has 1 atom stereocenters. The van der Waals surface area contributed by atoms with Gasteiger partial charge in [-0.25, -0.2) is 4.39 Å². The van der Waals surface area contributed by atoms with Gasteiger partial charge in [0.25, 0.3) is 0 Å². The van der Waals surface area contributed by atoms with E-state index in [0.717, 1.165) is 13.0 Å². The predicted octanol–water partition coefficient (Wildman–Crippen LogP) is 0.853. The Labute approximate surface area is 134 Å². The Hall–Kier alpha value is -1.99. The maximum atomic E-state index is 13.5. The Bertz CT molecular complexity index is 590. The lowest BCUT2D eigenvalue weighted by molar-refractivity contribution is -0.147. The van der Waals surface area contributed by atoms with Crippen molar-refractivity contribution in [1.82, 2.24) is 15.3 Å². The number of benzene rings is 1. The van der Waals surface area contributed by atoms with Gasteiger partial charge in [-0.05, 0) is 24.1 Å². The molecule has 0 aromatic heterocycles. The first-order valence-corrected chi connectivity index (χ1v) is 7.85. The van der Waals surface area contributed by atoms with E-state index < -0.39 is 11.9 Å². The Balaban J connectivity index is 1.72. The molecule has 2 heterocycles. The number of carbonyl (C=O) groups is 2. The lowest BCUT2D eigenvalue weighted by atomic mass is 10.0. The molecule has 0 saturated carbocycles. The first-order chi connectivity index (χ1) is 11.1. The van der Waals surface area contributed by atoms with Crippen molar-refractivity contribution in [3.05, 3.63) is 35.6 Å². The van der Waals surface area contributed by atoms with Crippen molar-refractivity contribution in [3.8, 4) is 0 Å². The minimum atomic E-state index is -0.772. The second-order valence-electron chi connectivity index (χ2n) is 5.70. The molecule has 2 aliphatic rings. The van der Waals surface area contributed by atoms with Crippen LogP contribution in [0, 0.1) is 5.82 Å². The number of piperazine rings is 1. The number of nitrogens with one attached hydrogen (secondary N) is 1. The van der Waals surface area contributed by atoms with Gasteiger partial charge >= 0.3 is 0 Å². The highest BCUT2D eigenvalue weighted by Gasteiger charge is 2.34. The van der Waals surface area contributed by atoms with Crippen LogP contribution in [0.5, 0.6) is 0 Å². The van der Waals surface area contributed by atoms with Crippen LogP contribution in [0.3, 0.4) is 0 Å². The standard InChI is InChI=1S/C16H20FN3O3/c17-13-4-1-3-12(11-13)15-16(22)18-6-9-20(15)14(21)5-8-19-7-2-10-23-19/h1,3-4,11,15H,2,5-10H2,(H,18,22)/t15-/m0/s1. The largest absolute Gasteiger partial charge is 0.352 e. The number of nitrogens with zero attached hydrogens (tertiary/aromatic N) is 2. The summed E-state index contributed by atoms with van der Waals surface area (Å²) in [6, 6.07) is 5.07. The highest BCUT2D eigenvalue weighted by Crippen LogP contribution is 2.24. The van der Waals surface area contributed by atoms with E-state index in [4.69, 9.17) is 4.84 Å². The van der Waals surface area contributed by atoms with Crippen LogP contribution in [0.2, 0.25) is 0 Å². The minimum absolute atomic E-state index is 0.121. The van der Waals surface area contributed by atoms with Gasteiger partial charge in [-0.1, -0.05) is 12.1 Å². The number of amides is 2. The normalized spacial score (nSPS) is 22.2. The van der Waals surface area contributed by atoms with Crippen molar-refractivity contribution < 1.29 is 18.8 Å². The zero-order chi connectivity index (χ0) is 16.2. The van der Waals surface area contributed by atoms with Crippen molar-refractivity contribution in [3.63, 3.8) is 0 Å². The first kappa shape index (κ1) is 15.9. The van der Waals surface area contributed by atoms with E-state index in [0.29, 0.717) is 31.8 Å². The second kappa shape index (κ2) is 7.06. The number of hydrogen-bond donors (Lipinski definition) is 1. The molecule has 2 aliphatic heterocycles. The molecule has 0 unspecified atom stereocenters. The summed E-state index contributed by atoms with van der Waals surface area (Å²) in [6.45, 7) is 2.85. The summed E-state index contributed by atoms with van der Waals surface area (Å²) in [4.78, 5) is 31.7. The highest BCUT2D eigenvalue weighted by atomic mass is 19.1. The Kier molecular flexibility index (Phi) is 4.88. The van der Waals surface area contributed by atoms with E-state index in [1.165, 1.54) is 17.0 Å². The summed E-state index contributed by atoms with van der Waals surface area (Å²) in [5.41, 5.74) is 0.493. The van der Waals surface area contributed by atoms with Gasteiger partial charge < -0.3 is 10.2 Å². The van der Waals surface area contributed by atoms with Crippen LogP contribution in [-0.2, 0) is 14.4 Å². The number of halogens is 1. The van der Waals surface area contributed by atoms with Gasteiger partial charge in [-0.2, -0.15) is 5.06 Å². The van der Waals surface area contributed by atoms with E-state index >= 15 is 0 Å². The van der Waals surface area contributed by atoms with Crippen molar-refractivity contribution in [2.75, 3.05) is 32.8 Å². The SMILES string of the molecule is O=C1NCCN(C(=O)CCN2CCCO2)[C@H]1c1cccc(F)c1. The van der Waals surface area contributed by atoms with Crippen LogP contribution in [0.15, 0.2) is 24.3 Å². The van der Waals surface area contributed by atoms with Gasteiger partial charge in [-0.3, -0.25) is 14.4 Å². The van der Waals surface area contributed by atoms with Crippen LogP contribution in [-0.4, -0.2) is 54.6 Å². The van der Waals surface area contributed by atoms with Crippen LogP contribution in [0.1, 0.15) is 24.4 Å². The number of hydrogen-bond acceptors (Lipinski definition) is 4. The quantitative estimate of drug-likeness (QED) is 0.893. The average molecular weight is 321 g/mol. The van der Waals surface area contributed by atoms with Crippen LogP contribution in [0.25, 0.3) is 0 Å². The summed E-state index contributed by atoms with van der Waals surface area (Å²) < 4.78 is 13.5. The Morgan fingerprint density at radius 2 is 2.26 bits per heavy atom. The monoisotopic (exact) mass is 321 g/mol. The molecule has 124 valence electrons. The number of rotatable bonds is 4. The zero-order valence-corrected chi connectivity index (χ0v) is 12.8. The third-order valence-corrected chi connectivity index (χ3v) is 4.10. The molecular weight excluding hydrogens is 301 g/mol. The van der Waals surface area contributed by atoms with E-state index in [-0.39, 0.29) is 18.2 Å². The molecule has 1 aromatic carbocycles. The summed E-state index contributed by atoms with van der Waals surface area (Å²) >= 11 is 0. The molecule has 7 heteroatoms. The van der Waals surface area contributed by atoms with E-state index in [1.54, 1.807) is 17.2 Å². The molecule has 0 aliphatic carbocycles.